The summed E-state index contributed by atoms with van der Waals surface area (Å²) in [5.74, 6) is 0.0926. The Balaban J connectivity index is -0.000000125. The zero-order valence-electron chi connectivity index (χ0n) is 6.36. The minimum Gasteiger partial charge on any atom is -1.00 e. The van der Waals surface area contributed by atoms with Crippen LogP contribution in [0.25, 0.3) is 0 Å². The van der Waals surface area contributed by atoms with Gasteiger partial charge in [0.1, 0.15) is 0 Å². The zero-order valence-corrected chi connectivity index (χ0v) is 7.36. The van der Waals surface area contributed by atoms with Crippen molar-refractivity contribution in [3.8, 4) is 0 Å². The largest absolute Gasteiger partial charge is 1.00 e. The number of carbonyl (C=O) groups excluding carboxylic acids is 1. The van der Waals surface area contributed by atoms with Crippen molar-refractivity contribution in [1.82, 2.24) is 4.90 Å². The average molecular weight is 111 g/mol. The number of hydrogen-bond acceptors (Lipinski definition) is 1. The summed E-state index contributed by atoms with van der Waals surface area (Å²) in [5.41, 5.74) is 0. The van der Waals surface area contributed by atoms with Gasteiger partial charge in [-0.2, -0.15) is 0 Å². The zero-order chi connectivity index (χ0) is 5.15. The van der Waals surface area contributed by atoms with Crippen molar-refractivity contribution >= 4 is 5.91 Å². The number of hydrogen-bond donors (Lipinski definition) is 0. The SMILES string of the molecule is CC(=O)N(C)C.[H-].[Na+]. The molecule has 0 spiro atoms. The van der Waals surface area contributed by atoms with Crippen LogP contribution in [-0.2, 0) is 4.79 Å². The molecule has 0 saturated carbocycles. The molecule has 0 saturated heterocycles. The molecule has 2 nitrogen and oxygen atoms in total. The van der Waals surface area contributed by atoms with E-state index in [-0.39, 0.29) is 36.9 Å². The van der Waals surface area contributed by atoms with Crippen molar-refractivity contribution < 1.29 is 35.8 Å². The monoisotopic (exact) mass is 111 g/mol. The standard InChI is InChI=1S/C4H9NO.Na.H/c1-4(6)5(2)3;;/h1-3H3;;/q;+1;-1. The van der Waals surface area contributed by atoms with Crippen LogP contribution in [0.4, 0.5) is 0 Å². The van der Waals surface area contributed by atoms with E-state index in [4.69, 9.17) is 0 Å². The van der Waals surface area contributed by atoms with Crippen molar-refractivity contribution in [2.75, 3.05) is 14.1 Å². The summed E-state index contributed by atoms with van der Waals surface area (Å²) in [6.07, 6.45) is 0. The number of nitrogens with zero attached hydrogens (tertiary/aromatic N) is 1. The first-order chi connectivity index (χ1) is 2.64. The minimum absolute atomic E-state index is 0. The first-order valence-corrected chi connectivity index (χ1v) is 1.82. The molecule has 0 aliphatic carbocycles. The van der Waals surface area contributed by atoms with Crippen LogP contribution < -0.4 is 29.6 Å². The third kappa shape index (κ3) is 6.47. The average Bonchev–Trinajstić information content (AvgIpc) is 1.36. The van der Waals surface area contributed by atoms with Gasteiger partial charge in [0.05, 0.1) is 0 Å². The molecule has 0 fully saturated rings. The molecule has 0 heterocycles. The maximum absolute atomic E-state index is 10.1. The Morgan fingerprint density at radius 1 is 1.57 bits per heavy atom. The summed E-state index contributed by atoms with van der Waals surface area (Å²) in [7, 11) is 3.45. The molecule has 0 rings (SSSR count). The Morgan fingerprint density at radius 2 is 1.71 bits per heavy atom. The fourth-order valence-electron chi connectivity index (χ4n) is 0. The van der Waals surface area contributed by atoms with Gasteiger partial charge in [-0.05, 0) is 0 Å². The maximum atomic E-state index is 10.1. The predicted octanol–water partition coefficient (Wildman–Crippen LogP) is -2.79. The summed E-state index contributed by atoms with van der Waals surface area (Å²) >= 11 is 0. The predicted molar refractivity (Wildman–Crippen MR) is 25.5 cm³/mol. The van der Waals surface area contributed by atoms with Gasteiger partial charge in [0.25, 0.3) is 0 Å². The van der Waals surface area contributed by atoms with Gasteiger partial charge in [0.2, 0.25) is 5.91 Å². The van der Waals surface area contributed by atoms with Crippen LogP contribution in [0.3, 0.4) is 0 Å². The second-order valence-corrected chi connectivity index (χ2v) is 1.41. The van der Waals surface area contributed by atoms with E-state index in [1.807, 2.05) is 0 Å². The van der Waals surface area contributed by atoms with E-state index in [1.54, 1.807) is 14.1 Å². The van der Waals surface area contributed by atoms with Crippen LogP contribution in [0.5, 0.6) is 0 Å². The van der Waals surface area contributed by atoms with Crippen molar-refractivity contribution in [1.29, 1.82) is 0 Å². The molecule has 0 aromatic rings. The molecule has 0 aliphatic rings. The van der Waals surface area contributed by atoms with Gasteiger partial charge in [-0.15, -0.1) is 0 Å². The summed E-state index contributed by atoms with van der Waals surface area (Å²) in [6, 6.07) is 0. The summed E-state index contributed by atoms with van der Waals surface area (Å²) in [6.45, 7) is 1.53. The summed E-state index contributed by atoms with van der Waals surface area (Å²) < 4.78 is 0. The molecule has 0 aromatic carbocycles. The van der Waals surface area contributed by atoms with Crippen molar-refractivity contribution in [3.63, 3.8) is 0 Å². The molecular formula is C4H10NNaO. The molecule has 0 aliphatic heterocycles. The molecule has 0 N–H and O–H groups in total. The summed E-state index contributed by atoms with van der Waals surface area (Å²) in [5, 5.41) is 0. The fraction of sp³-hybridized carbons (Fsp3) is 0.750. The smallest absolute Gasteiger partial charge is 1.00 e. The number of amides is 1. The second kappa shape index (κ2) is 4.62. The molecular weight excluding hydrogens is 101 g/mol. The van der Waals surface area contributed by atoms with E-state index in [0.717, 1.165) is 0 Å². The van der Waals surface area contributed by atoms with Gasteiger partial charge in [-0.3, -0.25) is 4.79 Å². The van der Waals surface area contributed by atoms with E-state index in [1.165, 1.54) is 11.8 Å². The molecule has 0 atom stereocenters. The van der Waals surface area contributed by atoms with Crippen molar-refractivity contribution in [3.05, 3.63) is 0 Å². The van der Waals surface area contributed by atoms with E-state index in [0.29, 0.717) is 0 Å². The third-order valence-electron chi connectivity index (χ3n) is 0.630. The van der Waals surface area contributed by atoms with E-state index >= 15 is 0 Å². The molecule has 0 unspecified atom stereocenters. The van der Waals surface area contributed by atoms with Gasteiger partial charge in [-0.25, -0.2) is 0 Å². The molecule has 0 radical (unpaired) electrons. The van der Waals surface area contributed by atoms with Gasteiger partial charge < -0.3 is 6.33 Å². The normalized spacial score (nSPS) is 6.71. The van der Waals surface area contributed by atoms with E-state index < -0.39 is 0 Å². The first kappa shape index (κ1) is 10.5. The van der Waals surface area contributed by atoms with Crippen LogP contribution >= 0.6 is 0 Å². The van der Waals surface area contributed by atoms with Gasteiger partial charge in [-0.1, -0.05) is 0 Å². The van der Waals surface area contributed by atoms with Gasteiger partial charge in [0.15, 0.2) is 0 Å². The van der Waals surface area contributed by atoms with Crippen LogP contribution in [0.1, 0.15) is 8.35 Å². The molecule has 0 bridgehead atoms. The Kier molecular flexibility index (Phi) is 6.90. The van der Waals surface area contributed by atoms with Crippen LogP contribution in [0.15, 0.2) is 0 Å². The van der Waals surface area contributed by atoms with Gasteiger partial charge in [0, 0.05) is 21.0 Å². The fourth-order valence-corrected chi connectivity index (χ4v) is 0. The number of rotatable bonds is 0. The van der Waals surface area contributed by atoms with E-state index in [2.05, 4.69) is 0 Å². The quantitative estimate of drug-likeness (QED) is 0.309. The van der Waals surface area contributed by atoms with Crippen LogP contribution in [0, 0.1) is 0 Å². The van der Waals surface area contributed by atoms with Crippen molar-refractivity contribution in [2.45, 2.75) is 6.92 Å². The Bertz CT molecular complexity index is 67.1. The Hall–Kier alpha value is 0.470. The van der Waals surface area contributed by atoms with Crippen molar-refractivity contribution in [2.24, 2.45) is 0 Å². The van der Waals surface area contributed by atoms with Gasteiger partial charge >= 0.3 is 29.6 Å². The Labute approximate surface area is 67.7 Å². The molecule has 0 aromatic heterocycles. The molecule has 7 heavy (non-hydrogen) atoms. The third-order valence-corrected chi connectivity index (χ3v) is 0.630. The maximum Gasteiger partial charge on any atom is 1.00 e. The first-order valence-electron chi connectivity index (χ1n) is 1.82. The Morgan fingerprint density at radius 3 is 1.71 bits per heavy atom. The topological polar surface area (TPSA) is 20.3 Å². The molecule has 3 heteroatoms. The molecule has 1 amide bonds. The van der Waals surface area contributed by atoms with Crippen LogP contribution in [-0.4, -0.2) is 24.9 Å². The molecule has 38 valence electrons. The number of carbonyl (C=O) groups is 1. The summed E-state index contributed by atoms with van der Waals surface area (Å²) in [4.78, 5) is 11.6. The van der Waals surface area contributed by atoms with Crippen LogP contribution in [0.2, 0.25) is 0 Å². The minimum atomic E-state index is 0. The second-order valence-electron chi connectivity index (χ2n) is 1.41. The van der Waals surface area contributed by atoms with E-state index in [9.17, 15) is 4.79 Å².